The average Bonchev–Trinajstić information content (AvgIpc) is 2.22. The van der Waals surface area contributed by atoms with Crippen LogP contribution in [0.15, 0.2) is 0 Å². The lowest BCUT2D eigenvalue weighted by molar-refractivity contribution is 0.243. The molecule has 0 amide bonds. The van der Waals surface area contributed by atoms with E-state index in [-0.39, 0.29) is 5.41 Å². The molecule has 0 saturated heterocycles. The highest BCUT2D eigenvalue weighted by Crippen LogP contribution is 2.22. The maximum Gasteiger partial charge on any atom is 0.0963 e. The van der Waals surface area contributed by atoms with Crippen LogP contribution in [-0.4, -0.2) is 30.4 Å². The normalized spacial score (nSPS) is 14.1. The molecule has 0 aromatic heterocycles. The van der Waals surface area contributed by atoms with Crippen LogP contribution in [0.3, 0.4) is 0 Å². The highest BCUT2D eigenvalue weighted by atomic mass is 15.1. The number of unbranched alkanes of at least 4 members (excludes halogenated alkanes) is 1. The van der Waals surface area contributed by atoms with E-state index in [1.165, 1.54) is 12.8 Å². The molecule has 3 heteroatoms. The molecule has 1 unspecified atom stereocenters. The molecule has 0 rings (SSSR count). The summed E-state index contributed by atoms with van der Waals surface area (Å²) in [6, 6.07) is 0.667. The van der Waals surface area contributed by atoms with Crippen LogP contribution >= 0.6 is 0 Å². The van der Waals surface area contributed by atoms with Gasteiger partial charge in [-0.2, -0.15) is 0 Å². The summed E-state index contributed by atoms with van der Waals surface area (Å²) < 4.78 is 0. The van der Waals surface area contributed by atoms with Gasteiger partial charge >= 0.3 is 0 Å². The Morgan fingerprint density at radius 2 is 1.94 bits per heavy atom. The Labute approximate surface area is 101 Å². The van der Waals surface area contributed by atoms with Crippen molar-refractivity contribution < 1.29 is 0 Å². The molecular weight excluding hydrogens is 198 g/mol. The lowest BCUT2D eigenvalue weighted by Crippen LogP contribution is -2.32. The Kier molecular flexibility index (Phi) is 6.65. The lowest BCUT2D eigenvalue weighted by atomic mass is 9.86. The molecule has 0 heterocycles. The van der Waals surface area contributed by atoms with Gasteiger partial charge in [0.15, 0.2) is 0 Å². The van der Waals surface area contributed by atoms with Crippen LogP contribution in [0, 0.1) is 10.8 Å². The van der Waals surface area contributed by atoms with Crippen molar-refractivity contribution in [2.24, 2.45) is 11.1 Å². The molecule has 3 nitrogen and oxygen atoms in total. The first kappa shape index (κ1) is 15.4. The van der Waals surface area contributed by atoms with E-state index in [0.29, 0.717) is 11.9 Å². The first-order valence-corrected chi connectivity index (χ1v) is 6.36. The number of hydrogen-bond acceptors (Lipinski definition) is 2. The van der Waals surface area contributed by atoms with Crippen LogP contribution in [0.4, 0.5) is 0 Å². The van der Waals surface area contributed by atoms with Gasteiger partial charge in [0.05, 0.1) is 5.84 Å². The fourth-order valence-electron chi connectivity index (χ4n) is 1.59. The third-order valence-electron chi connectivity index (χ3n) is 3.63. The molecule has 0 aliphatic heterocycles. The van der Waals surface area contributed by atoms with Crippen molar-refractivity contribution in [2.75, 3.05) is 13.6 Å². The van der Waals surface area contributed by atoms with Crippen LogP contribution in [-0.2, 0) is 0 Å². The van der Waals surface area contributed by atoms with Crippen molar-refractivity contribution in [3.05, 3.63) is 0 Å². The van der Waals surface area contributed by atoms with Gasteiger partial charge in [0.25, 0.3) is 0 Å². The van der Waals surface area contributed by atoms with E-state index in [2.05, 4.69) is 25.8 Å². The van der Waals surface area contributed by atoms with E-state index >= 15 is 0 Å². The van der Waals surface area contributed by atoms with Crippen molar-refractivity contribution in [1.29, 1.82) is 5.41 Å². The zero-order valence-electron chi connectivity index (χ0n) is 11.6. The van der Waals surface area contributed by atoms with Crippen molar-refractivity contribution in [3.63, 3.8) is 0 Å². The molecule has 0 radical (unpaired) electrons. The minimum atomic E-state index is -0.130. The zero-order valence-corrected chi connectivity index (χ0v) is 11.6. The second-order valence-corrected chi connectivity index (χ2v) is 5.49. The highest BCUT2D eigenvalue weighted by molar-refractivity contribution is 5.82. The second kappa shape index (κ2) is 6.89. The summed E-state index contributed by atoms with van der Waals surface area (Å²) in [5.41, 5.74) is 5.42. The molecule has 0 aromatic carbocycles. The summed E-state index contributed by atoms with van der Waals surface area (Å²) >= 11 is 0. The Bertz CT molecular complexity index is 211. The Hall–Kier alpha value is -0.570. The molecule has 0 fully saturated rings. The summed E-state index contributed by atoms with van der Waals surface area (Å²) in [7, 11) is 2.18. The SMILES string of the molecule is CCC(C)N(C)CCCCC(C)(C)C(=N)N. The van der Waals surface area contributed by atoms with Crippen molar-refractivity contribution in [3.8, 4) is 0 Å². The molecule has 0 spiro atoms. The molecular formula is C13H29N3. The van der Waals surface area contributed by atoms with Gasteiger partial charge < -0.3 is 10.6 Å². The Balaban J connectivity index is 3.72. The third-order valence-corrected chi connectivity index (χ3v) is 3.63. The summed E-state index contributed by atoms with van der Waals surface area (Å²) in [5.74, 6) is 0.308. The molecule has 3 N–H and O–H groups in total. The molecule has 0 bridgehead atoms. The quantitative estimate of drug-likeness (QED) is 0.380. The molecule has 0 aromatic rings. The molecule has 16 heavy (non-hydrogen) atoms. The van der Waals surface area contributed by atoms with Crippen LogP contribution in [0.25, 0.3) is 0 Å². The van der Waals surface area contributed by atoms with E-state index in [9.17, 15) is 0 Å². The lowest BCUT2D eigenvalue weighted by Gasteiger charge is -2.25. The van der Waals surface area contributed by atoms with Gasteiger partial charge in [-0.15, -0.1) is 0 Å². The van der Waals surface area contributed by atoms with Gasteiger partial charge in [0.1, 0.15) is 0 Å². The fraction of sp³-hybridized carbons (Fsp3) is 0.923. The molecule has 96 valence electrons. The van der Waals surface area contributed by atoms with Crippen LogP contribution in [0.1, 0.15) is 53.4 Å². The molecule has 1 atom stereocenters. The summed E-state index contributed by atoms with van der Waals surface area (Å²) in [6.07, 6.45) is 4.55. The number of nitrogens with zero attached hydrogens (tertiary/aromatic N) is 1. The van der Waals surface area contributed by atoms with E-state index in [4.69, 9.17) is 11.1 Å². The van der Waals surface area contributed by atoms with Gasteiger partial charge in [-0.25, -0.2) is 0 Å². The van der Waals surface area contributed by atoms with Gasteiger partial charge in [0.2, 0.25) is 0 Å². The maximum atomic E-state index is 7.48. The maximum absolute atomic E-state index is 7.48. The number of nitrogens with one attached hydrogen (secondary N) is 1. The van der Waals surface area contributed by atoms with Crippen LogP contribution < -0.4 is 5.73 Å². The largest absolute Gasteiger partial charge is 0.387 e. The average molecular weight is 227 g/mol. The third kappa shape index (κ3) is 5.50. The minimum absolute atomic E-state index is 0.130. The van der Waals surface area contributed by atoms with Crippen molar-refractivity contribution >= 4 is 5.84 Å². The number of nitrogens with two attached hydrogens (primary N) is 1. The smallest absolute Gasteiger partial charge is 0.0963 e. The summed E-state index contributed by atoms with van der Waals surface area (Å²) in [5, 5.41) is 7.48. The predicted octanol–water partition coefficient (Wildman–Crippen LogP) is 2.85. The van der Waals surface area contributed by atoms with Crippen LogP contribution in [0.5, 0.6) is 0 Å². The van der Waals surface area contributed by atoms with Crippen molar-refractivity contribution in [1.82, 2.24) is 4.90 Å². The standard InChI is InChI=1S/C13H29N3/c1-6-11(2)16(5)10-8-7-9-13(3,4)12(14)15/h11H,6-10H2,1-5H3,(H3,14,15). The fourth-order valence-corrected chi connectivity index (χ4v) is 1.59. The van der Waals surface area contributed by atoms with E-state index in [1.807, 2.05) is 13.8 Å². The molecule has 0 aliphatic rings. The van der Waals surface area contributed by atoms with E-state index in [0.717, 1.165) is 19.4 Å². The first-order chi connectivity index (χ1) is 7.31. The first-order valence-electron chi connectivity index (χ1n) is 6.36. The number of hydrogen-bond donors (Lipinski definition) is 2. The minimum Gasteiger partial charge on any atom is -0.387 e. The second-order valence-electron chi connectivity index (χ2n) is 5.49. The van der Waals surface area contributed by atoms with Crippen molar-refractivity contribution in [2.45, 2.75) is 59.4 Å². The number of rotatable bonds is 8. The Morgan fingerprint density at radius 3 is 2.38 bits per heavy atom. The topological polar surface area (TPSA) is 53.1 Å². The monoisotopic (exact) mass is 227 g/mol. The van der Waals surface area contributed by atoms with E-state index in [1.54, 1.807) is 0 Å². The number of amidine groups is 1. The van der Waals surface area contributed by atoms with Crippen LogP contribution in [0.2, 0.25) is 0 Å². The van der Waals surface area contributed by atoms with E-state index < -0.39 is 0 Å². The summed E-state index contributed by atoms with van der Waals surface area (Å²) in [4.78, 5) is 2.40. The molecule has 0 saturated carbocycles. The highest BCUT2D eigenvalue weighted by Gasteiger charge is 2.20. The van der Waals surface area contributed by atoms with Gasteiger partial charge in [-0.05, 0) is 39.8 Å². The van der Waals surface area contributed by atoms with Gasteiger partial charge in [-0.3, -0.25) is 5.41 Å². The predicted molar refractivity (Wildman–Crippen MR) is 71.9 cm³/mol. The van der Waals surface area contributed by atoms with Gasteiger partial charge in [0, 0.05) is 11.5 Å². The van der Waals surface area contributed by atoms with Gasteiger partial charge in [-0.1, -0.05) is 27.2 Å². The summed E-state index contributed by atoms with van der Waals surface area (Å²) in [6.45, 7) is 9.73. The zero-order chi connectivity index (χ0) is 12.8. The molecule has 0 aliphatic carbocycles. The Morgan fingerprint density at radius 1 is 1.38 bits per heavy atom.